The fraction of sp³-hybridized carbons (Fsp3) is 0.778. The van der Waals surface area contributed by atoms with Gasteiger partial charge in [0.25, 0.3) is 0 Å². The van der Waals surface area contributed by atoms with Crippen LogP contribution in [0, 0.1) is 0 Å². The minimum absolute atomic E-state index is 0.222. The van der Waals surface area contributed by atoms with Crippen LogP contribution in [0.2, 0.25) is 0 Å². The molecule has 78 valence electrons. The van der Waals surface area contributed by atoms with Gasteiger partial charge in [-0.3, -0.25) is 0 Å². The number of oxime groups is 1. The van der Waals surface area contributed by atoms with Crippen molar-refractivity contribution in [3.8, 4) is 0 Å². The van der Waals surface area contributed by atoms with E-state index in [2.05, 4.69) is 20.2 Å². The maximum absolute atomic E-state index is 10.7. The van der Waals surface area contributed by atoms with Crippen molar-refractivity contribution in [3.63, 3.8) is 0 Å². The van der Waals surface area contributed by atoms with E-state index in [0.29, 0.717) is 6.42 Å². The van der Waals surface area contributed by atoms with E-state index in [9.17, 15) is 4.79 Å². The Bertz CT molecular complexity index is 246. The zero-order valence-electron chi connectivity index (χ0n) is 8.16. The molecule has 2 aliphatic rings. The van der Waals surface area contributed by atoms with Crippen molar-refractivity contribution in [2.24, 2.45) is 5.16 Å². The van der Waals surface area contributed by atoms with Gasteiger partial charge < -0.3 is 15.1 Å². The zero-order valence-corrected chi connectivity index (χ0v) is 8.16. The summed E-state index contributed by atoms with van der Waals surface area (Å²) in [5, 5.41) is 7.02. The molecule has 0 amide bonds. The average Bonchev–Trinajstić information content (AvgIpc) is 2.63. The minimum atomic E-state index is -0.222. The molecule has 2 rings (SSSR count). The molecule has 1 N–H and O–H groups in total. The molecule has 2 aliphatic heterocycles. The molecule has 1 saturated heterocycles. The van der Waals surface area contributed by atoms with Gasteiger partial charge in [-0.1, -0.05) is 5.16 Å². The molecule has 0 aromatic rings. The van der Waals surface area contributed by atoms with E-state index in [1.54, 1.807) is 0 Å². The van der Waals surface area contributed by atoms with E-state index in [-0.39, 0.29) is 5.97 Å². The van der Waals surface area contributed by atoms with Gasteiger partial charge in [0, 0.05) is 39.1 Å². The Kier molecular flexibility index (Phi) is 3.10. The maximum Gasteiger partial charge on any atom is 0.340 e. The Labute approximate surface area is 83.1 Å². The number of nitrogens with one attached hydrogen (secondary N) is 1. The first-order valence-electron chi connectivity index (χ1n) is 5.03. The molecular weight excluding hydrogens is 182 g/mol. The van der Waals surface area contributed by atoms with E-state index in [1.165, 1.54) is 0 Å². The molecule has 5 nitrogen and oxygen atoms in total. The Balaban J connectivity index is 1.69. The van der Waals surface area contributed by atoms with Gasteiger partial charge in [-0.05, 0) is 0 Å². The van der Waals surface area contributed by atoms with Crippen LogP contribution in [0.4, 0.5) is 0 Å². The topological polar surface area (TPSA) is 53.9 Å². The fourth-order valence-electron chi connectivity index (χ4n) is 1.70. The monoisotopic (exact) mass is 197 g/mol. The van der Waals surface area contributed by atoms with Crippen molar-refractivity contribution in [2.75, 3.05) is 32.7 Å². The minimum Gasteiger partial charge on any atom is -0.318 e. The fourth-order valence-corrected chi connectivity index (χ4v) is 1.70. The smallest absolute Gasteiger partial charge is 0.318 e. The highest BCUT2D eigenvalue weighted by Gasteiger charge is 2.18. The third-order valence-electron chi connectivity index (χ3n) is 2.55. The molecule has 1 fully saturated rings. The van der Waals surface area contributed by atoms with Gasteiger partial charge in [0.15, 0.2) is 0 Å². The van der Waals surface area contributed by atoms with Crippen LogP contribution in [0.1, 0.15) is 12.8 Å². The van der Waals surface area contributed by atoms with Crippen LogP contribution >= 0.6 is 0 Å². The van der Waals surface area contributed by atoms with Gasteiger partial charge in [-0.25, -0.2) is 4.79 Å². The molecule has 0 aromatic heterocycles. The third kappa shape index (κ3) is 2.52. The molecule has 0 aromatic carbocycles. The molecule has 0 atom stereocenters. The molecule has 0 bridgehead atoms. The third-order valence-corrected chi connectivity index (χ3v) is 2.55. The van der Waals surface area contributed by atoms with Crippen molar-refractivity contribution in [3.05, 3.63) is 0 Å². The van der Waals surface area contributed by atoms with E-state index < -0.39 is 0 Å². The normalized spacial score (nSPS) is 23.4. The van der Waals surface area contributed by atoms with Gasteiger partial charge in [-0.15, -0.1) is 0 Å². The van der Waals surface area contributed by atoms with Crippen LogP contribution in [0.5, 0.6) is 0 Å². The highest BCUT2D eigenvalue weighted by molar-refractivity contribution is 6.01. The molecular formula is C9H15N3O2. The van der Waals surface area contributed by atoms with Crippen LogP contribution in [0.15, 0.2) is 5.16 Å². The maximum atomic E-state index is 10.7. The number of hydrogen-bond donors (Lipinski definition) is 1. The van der Waals surface area contributed by atoms with Crippen LogP contribution < -0.4 is 5.32 Å². The second-order valence-corrected chi connectivity index (χ2v) is 3.64. The Hall–Kier alpha value is -0.940. The SMILES string of the molecule is O=C1CC(CCN2CCNCC2)=NO1. The summed E-state index contributed by atoms with van der Waals surface area (Å²) in [7, 11) is 0. The largest absolute Gasteiger partial charge is 0.340 e. The number of hydrogen-bond acceptors (Lipinski definition) is 5. The second kappa shape index (κ2) is 4.52. The van der Waals surface area contributed by atoms with Crippen molar-refractivity contribution in [2.45, 2.75) is 12.8 Å². The van der Waals surface area contributed by atoms with Gasteiger partial charge >= 0.3 is 5.97 Å². The molecule has 0 spiro atoms. The molecule has 0 saturated carbocycles. The summed E-state index contributed by atoms with van der Waals surface area (Å²) in [5.41, 5.74) is 0.883. The lowest BCUT2D eigenvalue weighted by Gasteiger charge is -2.26. The molecule has 2 heterocycles. The number of rotatable bonds is 3. The second-order valence-electron chi connectivity index (χ2n) is 3.64. The van der Waals surface area contributed by atoms with Crippen LogP contribution in [0.3, 0.4) is 0 Å². The molecule has 0 radical (unpaired) electrons. The number of nitrogens with zero attached hydrogens (tertiary/aromatic N) is 2. The van der Waals surface area contributed by atoms with Gasteiger partial charge in [0.2, 0.25) is 0 Å². The first-order valence-corrected chi connectivity index (χ1v) is 5.03. The van der Waals surface area contributed by atoms with Crippen LogP contribution in [0.25, 0.3) is 0 Å². The first-order chi connectivity index (χ1) is 6.84. The highest BCUT2D eigenvalue weighted by Crippen LogP contribution is 2.06. The zero-order chi connectivity index (χ0) is 9.80. The summed E-state index contributed by atoms with van der Waals surface area (Å²) in [4.78, 5) is 17.6. The Morgan fingerprint density at radius 2 is 2.21 bits per heavy atom. The summed E-state index contributed by atoms with van der Waals surface area (Å²) >= 11 is 0. The molecule has 5 heteroatoms. The van der Waals surface area contributed by atoms with Crippen LogP contribution in [-0.2, 0) is 9.63 Å². The standard InChI is InChI=1S/C9H15N3O2/c13-9-7-8(11-14-9)1-4-12-5-2-10-3-6-12/h10H,1-7H2. The van der Waals surface area contributed by atoms with Gasteiger partial charge in [0.05, 0.1) is 12.1 Å². The number of carbonyl (C=O) groups excluding carboxylic acids is 1. The van der Waals surface area contributed by atoms with Crippen molar-refractivity contribution in [1.82, 2.24) is 10.2 Å². The summed E-state index contributed by atoms with van der Waals surface area (Å²) < 4.78 is 0. The Morgan fingerprint density at radius 3 is 2.86 bits per heavy atom. The average molecular weight is 197 g/mol. The number of piperazine rings is 1. The molecule has 0 aliphatic carbocycles. The van der Waals surface area contributed by atoms with E-state index >= 15 is 0 Å². The summed E-state index contributed by atoms with van der Waals surface area (Å²) in [5.74, 6) is -0.222. The lowest BCUT2D eigenvalue weighted by Crippen LogP contribution is -2.44. The number of carbonyl (C=O) groups is 1. The molecule has 0 unspecified atom stereocenters. The van der Waals surface area contributed by atoms with Gasteiger partial charge in [0.1, 0.15) is 0 Å². The van der Waals surface area contributed by atoms with Crippen LogP contribution in [-0.4, -0.2) is 49.3 Å². The van der Waals surface area contributed by atoms with E-state index in [4.69, 9.17) is 0 Å². The quantitative estimate of drug-likeness (QED) is 0.625. The van der Waals surface area contributed by atoms with Crippen molar-refractivity contribution in [1.29, 1.82) is 0 Å². The van der Waals surface area contributed by atoms with Crippen molar-refractivity contribution >= 4 is 11.7 Å². The van der Waals surface area contributed by atoms with E-state index in [1.807, 2.05) is 0 Å². The lowest BCUT2D eigenvalue weighted by atomic mass is 10.2. The highest BCUT2D eigenvalue weighted by atomic mass is 16.7. The predicted octanol–water partition coefficient (Wildman–Crippen LogP) is -0.415. The predicted molar refractivity (Wildman–Crippen MR) is 52.1 cm³/mol. The summed E-state index contributed by atoms with van der Waals surface area (Å²) in [6, 6.07) is 0. The van der Waals surface area contributed by atoms with Crippen molar-refractivity contribution < 1.29 is 9.63 Å². The van der Waals surface area contributed by atoms with E-state index in [0.717, 1.165) is 44.9 Å². The summed E-state index contributed by atoms with van der Waals surface area (Å²) in [6.45, 7) is 5.27. The first kappa shape index (κ1) is 9.61. The Morgan fingerprint density at radius 1 is 1.43 bits per heavy atom. The summed E-state index contributed by atoms with van der Waals surface area (Å²) in [6.07, 6.45) is 1.23. The van der Waals surface area contributed by atoms with Gasteiger partial charge in [-0.2, -0.15) is 0 Å². The molecule has 14 heavy (non-hydrogen) atoms. The lowest BCUT2D eigenvalue weighted by molar-refractivity contribution is -0.140.